The van der Waals surface area contributed by atoms with Gasteiger partial charge < -0.3 is 10.3 Å². The van der Waals surface area contributed by atoms with E-state index < -0.39 is 0 Å². The van der Waals surface area contributed by atoms with Crippen molar-refractivity contribution in [3.63, 3.8) is 0 Å². The van der Waals surface area contributed by atoms with Crippen LogP contribution in [-0.2, 0) is 0 Å². The molecule has 0 fully saturated rings. The number of imidazole rings is 1. The third-order valence-electron chi connectivity index (χ3n) is 7.23. The highest BCUT2D eigenvalue weighted by Crippen LogP contribution is 2.37. The quantitative estimate of drug-likeness (QED) is 0.248. The third kappa shape index (κ3) is 4.20. The fraction of sp³-hybridized carbons (Fsp3) is 0.281. The largest absolute Gasteiger partial charge is 0.382 e. The van der Waals surface area contributed by atoms with Crippen LogP contribution in [0.2, 0.25) is 0 Å². The monoisotopic (exact) mass is 461 g/mol. The van der Waals surface area contributed by atoms with Crippen molar-refractivity contribution in [3.05, 3.63) is 84.2 Å². The Morgan fingerprint density at radius 3 is 2.14 bits per heavy atom. The summed E-state index contributed by atoms with van der Waals surface area (Å²) in [6, 6.07) is 24.8. The van der Waals surface area contributed by atoms with Crippen molar-refractivity contribution in [2.45, 2.75) is 53.5 Å². The lowest BCUT2D eigenvalue weighted by molar-refractivity contribution is 0.480. The molecule has 5 aromatic rings. The molecule has 1 unspecified atom stereocenters. The summed E-state index contributed by atoms with van der Waals surface area (Å²) in [5.41, 5.74) is 7.05. The van der Waals surface area contributed by atoms with Gasteiger partial charge >= 0.3 is 0 Å². The second-order valence-electron chi connectivity index (χ2n) is 10.3. The molecule has 0 spiro atoms. The highest BCUT2D eigenvalue weighted by molar-refractivity contribution is 6.23. The molecule has 1 aromatic heterocycles. The van der Waals surface area contributed by atoms with Gasteiger partial charge in [0.25, 0.3) is 0 Å². The van der Waals surface area contributed by atoms with E-state index in [4.69, 9.17) is 4.98 Å². The molecule has 0 amide bonds. The SMILES string of the molecule is C/C=C(\NC(C)C(C)C)c1ccc(-c2ccc3c(c2)c2ccccc2c2nc(C(C)C)[nH]c32)cc1. The maximum absolute atomic E-state index is 4.97. The first-order chi connectivity index (χ1) is 16.9. The van der Waals surface area contributed by atoms with Crippen LogP contribution in [0, 0.1) is 5.92 Å². The summed E-state index contributed by atoms with van der Waals surface area (Å²) in [5.74, 6) is 1.97. The van der Waals surface area contributed by atoms with E-state index in [0.717, 1.165) is 16.9 Å². The number of H-pyrrole nitrogens is 1. The van der Waals surface area contributed by atoms with Crippen molar-refractivity contribution in [2.75, 3.05) is 0 Å². The van der Waals surface area contributed by atoms with Gasteiger partial charge in [-0.2, -0.15) is 0 Å². The molecule has 3 heteroatoms. The van der Waals surface area contributed by atoms with Gasteiger partial charge in [0.05, 0.1) is 11.0 Å². The Balaban J connectivity index is 1.59. The highest BCUT2D eigenvalue weighted by Gasteiger charge is 2.15. The van der Waals surface area contributed by atoms with Gasteiger partial charge in [-0.1, -0.05) is 94.4 Å². The van der Waals surface area contributed by atoms with Gasteiger partial charge in [-0.25, -0.2) is 4.98 Å². The van der Waals surface area contributed by atoms with Crippen molar-refractivity contribution in [2.24, 2.45) is 5.92 Å². The first kappa shape index (κ1) is 23.2. The molecule has 178 valence electrons. The van der Waals surface area contributed by atoms with Crippen LogP contribution in [0.1, 0.15) is 58.8 Å². The van der Waals surface area contributed by atoms with E-state index in [0.29, 0.717) is 17.9 Å². The smallest absolute Gasteiger partial charge is 0.109 e. The zero-order valence-electron chi connectivity index (χ0n) is 21.6. The minimum absolute atomic E-state index is 0.356. The van der Waals surface area contributed by atoms with Crippen molar-refractivity contribution in [3.8, 4) is 11.1 Å². The minimum Gasteiger partial charge on any atom is -0.382 e. The van der Waals surface area contributed by atoms with Crippen LogP contribution in [-0.4, -0.2) is 16.0 Å². The van der Waals surface area contributed by atoms with Gasteiger partial charge in [-0.3, -0.25) is 0 Å². The zero-order chi connectivity index (χ0) is 24.7. The molecule has 0 aliphatic rings. The number of benzene rings is 4. The van der Waals surface area contributed by atoms with Crippen LogP contribution in [0.25, 0.3) is 49.4 Å². The Labute approximate surface area is 208 Å². The Hall–Kier alpha value is -3.59. The first-order valence-electron chi connectivity index (χ1n) is 12.7. The molecule has 0 aliphatic heterocycles. The van der Waals surface area contributed by atoms with Crippen LogP contribution in [0.4, 0.5) is 0 Å². The first-order valence-corrected chi connectivity index (χ1v) is 12.7. The van der Waals surface area contributed by atoms with Gasteiger partial charge in [0.1, 0.15) is 5.82 Å². The van der Waals surface area contributed by atoms with E-state index in [1.165, 1.54) is 43.9 Å². The maximum atomic E-state index is 4.97. The van der Waals surface area contributed by atoms with E-state index in [9.17, 15) is 0 Å². The molecule has 0 saturated heterocycles. The van der Waals surface area contributed by atoms with Gasteiger partial charge in [-0.05, 0) is 53.3 Å². The normalized spacial score (nSPS) is 13.4. The fourth-order valence-electron chi connectivity index (χ4n) is 4.73. The second kappa shape index (κ2) is 9.22. The molecule has 0 aliphatic carbocycles. The van der Waals surface area contributed by atoms with Crippen LogP contribution < -0.4 is 5.32 Å². The molecule has 3 nitrogen and oxygen atoms in total. The van der Waals surface area contributed by atoms with Gasteiger partial charge in [0.15, 0.2) is 0 Å². The molecule has 0 saturated carbocycles. The number of hydrogen-bond donors (Lipinski definition) is 2. The summed E-state index contributed by atoms with van der Waals surface area (Å²) >= 11 is 0. The van der Waals surface area contributed by atoms with E-state index in [-0.39, 0.29) is 0 Å². The highest BCUT2D eigenvalue weighted by atomic mass is 14.9. The molecule has 5 rings (SSSR count). The number of aromatic amines is 1. The number of rotatable bonds is 6. The predicted octanol–water partition coefficient (Wildman–Crippen LogP) is 8.65. The van der Waals surface area contributed by atoms with E-state index in [1.807, 2.05) is 0 Å². The summed E-state index contributed by atoms with van der Waals surface area (Å²) in [5, 5.41) is 8.60. The molecule has 2 N–H and O–H groups in total. The fourth-order valence-corrected chi connectivity index (χ4v) is 4.73. The van der Waals surface area contributed by atoms with Crippen LogP contribution in [0.15, 0.2) is 72.8 Å². The maximum Gasteiger partial charge on any atom is 0.109 e. The van der Waals surface area contributed by atoms with Crippen molar-refractivity contribution in [1.29, 1.82) is 0 Å². The van der Waals surface area contributed by atoms with Gasteiger partial charge in [-0.15, -0.1) is 0 Å². The molecule has 1 heterocycles. The van der Waals surface area contributed by atoms with E-state index in [2.05, 4.69) is 125 Å². The van der Waals surface area contributed by atoms with E-state index in [1.54, 1.807) is 0 Å². The van der Waals surface area contributed by atoms with Crippen molar-refractivity contribution in [1.82, 2.24) is 15.3 Å². The summed E-state index contributed by atoms with van der Waals surface area (Å²) < 4.78 is 0. The van der Waals surface area contributed by atoms with Crippen LogP contribution in [0.5, 0.6) is 0 Å². The molecule has 4 aromatic carbocycles. The summed E-state index contributed by atoms with van der Waals surface area (Å²) in [6.45, 7) is 13.2. The Morgan fingerprint density at radius 1 is 0.800 bits per heavy atom. The minimum atomic E-state index is 0.356. The van der Waals surface area contributed by atoms with Gasteiger partial charge in [0.2, 0.25) is 0 Å². The average Bonchev–Trinajstić information content (AvgIpc) is 3.33. The lowest BCUT2D eigenvalue weighted by atomic mass is 9.95. The number of allylic oxidation sites excluding steroid dienone is 1. The van der Waals surface area contributed by atoms with Crippen molar-refractivity contribution < 1.29 is 0 Å². The lowest BCUT2D eigenvalue weighted by Crippen LogP contribution is -2.29. The van der Waals surface area contributed by atoms with E-state index >= 15 is 0 Å². The summed E-state index contributed by atoms with van der Waals surface area (Å²) in [6.07, 6.45) is 2.16. The van der Waals surface area contributed by atoms with Gasteiger partial charge in [0, 0.05) is 28.4 Å². The van der Waals surface area contributed by atoms with Crippen molar-refractivity contribution >= 4 is 38.3 Å². The second-order valence-corrected chi connectivity index (χ2v) is 10.3. The number of nitrogens with one attached hydrogen (secondary N) is 2. The summed E-state index contributed by atoms with van der Waals surface area (Å²) in [7, 11) is 0. The summed E-state index contributed by atoms with van der Waals surface area (Å²) in [4.78, 5) is 8.58. The molecular formula is C32H35N3. The van der Waals surface area contributed by atoms with Crippen LogP contribution >= 0.6 is 0 Å². The Bertz CT molecular complexity index is 1530. The predicted molar refractivity (Wildman–Crippen MR) is 152 cm³/mol. The number of fused-ring (bicyclic) bond motifs is 6. The number of aromatic nitrogens is 2. The Kier molecular flexibility index (Phi) is 6.10. The number of hydrogen-bond acceptors (Lipinski definition) is 2. The molecule has 35 heavy (non-hydrogen) atoms. The third-order valence-corrected chi connectivity index (χ3v) is 7.23. The zero-order valence-corrected chi connectivity index (χ0v) is 21.6. The molecule has 0 bridgehead atoms. The molecule has 0 radical (unpaired) electrons. The lowest BCUT2D eigenvalue weighted by Gasteiger charge is -2.21. The molecular weight excluding hydrogens is 426 g/mol. The van der Waals surface area contributed by atoms with Crippen LogP contribution in [0.3, 0.4) is 0 Å². The Morgan fingerprint density at radius 2 is 1.49 bits per heavy atom. The average molecular weight is 462 g/mol. The standard InChI is InChI=1S/C32H35N3/c1-7-29(33-21(6)19(2)3)23-14-12-22(13-15-23)24-16-17-27-28(18-24)25-10-8-9-11-26(25)30-31(27)35-32(34-30)20(4)5/h7-21,33H,1-6H3,(H,34,35)/b29-7-. The molecule has 1 atom stereocenters. The number of nitrogens with zero attached hydrogens (tertiary/aromatic N) is 1. The topological polar surface area (TPSA) is 40.7 Å².